The van der Waals surface area contributed by atoms with Crippen molar-refractivity contribution < 1.29 is 14.4 Å². The molecule has 0 bridgehead atoms. The van der Waals surface area contributed by atoms with Crippen molar-refractivity contribution in [1.29, 1.82) is 0 Å². The summed E-state index contributed by atoms with van der Waals surface area (Å²) < 4.78 is 0. The highest BCUT2D eigenvalue weighted by molar-refractivity contribution is 7.80. The molecule has 2 aromatic rings. The van der Waals surface area contributed by atoms with Crippen molar-refractivity contribution >= 4 is 63.9 Å². The number of anilines is 1. The minimum Gasteiger partial charge on any atom is -0.326 e. The SMILES string of the molecule is CC(C)CC(=O)Nc1ccc(C(=O)NNC(=S)NC(=O)c2ccc(Cl)cc2Cl)cc1. The number of hydrazine groups is 1. The van der Waals surface area contributed by atoms with Gasteiger partial charge < -0.3 is 5.32 Å². The zero-order valence-electron chi connectivity index (χ0n) is 16.2. The third-order valence-electron chi connectivity index (χ3n) is 3.72. The molecule has 0 spiro atoms. The fourth-order valence-corrected chi connectivity index (χ4v) is 2.99. The summed E-state index contributed by atoms with van der Waals surface area (Å²) >= 11 is 16.8. The number of hydrogen-bond donors (Lipinski definition) is 4. The predicted octanol–water partition coefficient (Wildman–Crippen LogP) is 3.93. The van der Waals surface area contributed by atoms with Crippen molar-refractivity contribution in [2.75, 3.05) is 5.32 Å². The highest BCUT2D eigenvalue weighted by Gasteiger charge is 2.13. The Hall–Kier alpha value is -2.68. The van der Waals surface area contributed by atoms with Crippen LogP contribution >= 0.6 is 35.4 Å². The van der Waals surface area contributed by atoms with Gasteiger partial charge in [-0.15, -0.1) is 0 Å². The summed E-state index contributed by atoms with van der Waals surface area (Å²) in [7, 11) is 0. The van der Waals surface area contributed by atoms with Crippen molar-refractivity contribution in [3.63, 3.8) is 0 Å². The quantitative estimate of drug-likeness (QED) is 0.395. The van der Waals surface area contributed by atoms with E-state index in [4.69, 9.17) is 35.4 Å². The standard InChI is InChI=1S/C20H20Cl2N4O3S/c1-11(2)9-17(27)23-14-6-3-12(4-7-14)18(28)25-26-20(30)24-19(29)15-8-5-13(21)10-16(15)22/h3-8,10-11H,9H2,1-2H3,(H,23,27)(H,25,28)(H2,24,26,29,30). The molecular formula is C20H20Cl2N4O3S. The van der Waals surface area contributed by atoms with Crippen LogP contribution in [0.3, 0.4) is 0 Å². The highest BCUT2D eigenvalue weighted by atomic mass is 35.5. The van der Waals surface area contributed by atoms with Crippen LogP contribution in [-0.4, -0.2) is 22.8 Å². The lowest BCUT2D eigenvalue weighted by molar-refractivity contribution is -0.116. The van der Waals surface area contributed by atoms with Crippen molar-refractivity contribution in [3.05, 3.63) is 63.6 Å². The molecule has 158 valence electrons. The second kappa shape index (κ2) is 10.9. The molecule has 10 heteroatoms. The second-order valence-corrected chi connectivity index (χ2v) is 7.96. The average molecular weight is 467 g/mol. The van der Waals surface area contributed by atoms with Crippen LogP contribution in [0.15, 0.2) is 42.5 Å². The van der Waals surface area contributed by atoms with Gasteiger partial charge in [0.2, 0.25) is 5.91 Å². The summed E-state index contributed by atoms with van der Waals surface area (Å²) in [5, 5.41) is 5.62. The lowest BCUT2D eigenvalue weighted by Crippen LogP contribution is -2.48. The maximum absolute atomic E-state index is 12.2. The Balaban J connectivity index is 1.85. The normalized spacial score (nSPS) is 10.3. The van der Waals surface area contributed by atoms with Crippen molar-refractivity contribution in [1.82, 2.24) is 16.2 Å². The fraction of sp³-hybridized carbons (Fsp3) is 0.200. The van der Waals surface area contributed by atoms with Crippen LogP contribution in [0.25, 0.3) is 0 Å². The number of thiocarbonyl (C=S) groups is 1. The largest absolute Gasteiger partial charge is 0.326 e. The van der Waals surface area contributed by atoms with Gasteiger partial charge in [0.15, 0.2) is 5.11 Å². The molecule has 0 aromatic heterocycles. The number of benzene rings is 2. The monoisotopic (exact) mass is 466 g/mol. The molecule has 30 heavy (non-hydrogen) atoms. The molecule has 7 nitrogen and oxygen atoms in total. The van der Waals surface area contributed by atoms with Crippen LogP contribution in [0.5, 0.6) is 0 Å². The van der Waals surface area contributed by atoms with E-state index in [9.17, 15) is 14.4 Å². The maximum Gasteiger partial charge on any atom is 0.269 e. The first-order chi connectivity index (χ1) is 14.2. The van der Waals surface area contributed by atoms with Crippen molar-refractivity contribution in [3.8, 4) is 0 Å². The van der Waals surface area contributed by atoms with Crippen LogP contribution in [-0.2, 0) is 4.79 Å². The Labute approximate surface area is 189 Å². The Morgan fingerprint density at radius 1 is 0.967 bits per heavy atom. The van der Waals surface area contributed by atoms with E-state index in [2.05, 4.69) is 21.5 Å². The van der Waals surface area contributed by atoms with E-state index in [1.165, 1.54) is 18.2 Å². The molecule has 0 aliphatic rings. The van der Waals surface area contributed by atoms with Gasteiger partial charge in [-0.1, -0.05) is 37.0 Å². The summed E-state index contributed by atoms with van der Waals surface area (Å²) in [6, 6.07) is 10.8. The molecule has 0 saturated carbocycles. The summed E-state index contributed by atoms with van der Waals surface area (Å²) in [5.74, 6) is -0.868. The number of amides is 3. The number of halogens is 2. The first kappa shape index (κ1) is 23.6. The van der Waals surface area contributed by atoms with E-state index < -0.39 is 11.8 Å². The van der Waals surface area contributed by atoms with Gasteiger partial charge in [-0.3, -0.25) is 30.6 Å². The highest BCUT2D eigenvalue weighted by Crippen LogP contribution is 2.20. The van der Waals surface area contributed by atoms with Gasteiger partial charge in [0.25, 0.3) is 11.8 Å². The first-order valence-electron chi connectivity index (χ1n) is 8.92. The molecule has 2 rings (SSSR count). The number of nitrogens with one attached hydrogen (secondary N) is 4. The van der Waals surface area contributed by atoms with E-state index in [0.717, 1.165) is 0 Å². The molecule has 0 heterocycles. The molecule has 0 fully saturated rings. The molecule has 4 N–H and O–H groups in total. The lowest BCUT2D eigenvalue weighted by atomic mass is 10.1. The van der Waals surface area contributed by atoms with E-state index >= 15 is 0 Å². The van der Waals surface area contributed by atoms with Crippen LogP contribution in [0.2, 0.25) is 10.0 Å². The van der Waals surface area contributed by atoms with Gasteiger partial charge in [-0.2, -0.15) is 0 Å². The topological polar surface area (TPSA) is 99.3 Å². The molecule has 0 aliphatic carbocycles. The zero-order chi connectivity index (χ0) is 22.3. The van der Waals surface area contributed by atoms with Crippen molar-refractivity contribution in [2.24, 2.45) is 5.92 Å². The van der Waals surface area contributed by atoms with Crippen LogP contribution in [0.1, 0.15) is 41.0 Å². The summed E-state index contributed by atoms with van der Waals surface area (Å²) in [4.78, 5) is 36.2. The van der Waals surface area contributed by atoms with Crippen LogP contribution < -0.4 is 21.5 Å². The van der Waals surface area contributed by atoms with E-state index in [0.29, 0.717) is 22.7 Å². The van der Waals surface area contributed by atoms with Gasteiger partial charge >= 0.3 is 0 Å². The van der Waals surface area contributed by atoms with Crippen LogP contribution in [0.4, 0.5) is 5.69 Å². The summed E-state index contributed by atoms with van der Waals surface area (Å²) in [5.41, 5.74) is 5.93. The Morgan fingerprint density at radius 3 is 2.23 bits per heavy atom. The fourth-order valence-electron chi connectivity index (χ4n) is 2.35. The maximum atomic E-state index is 12.2. The number of carbonyl (C=O) groups excluding carboxylic acids is 3. The Bertz CT molecular complexity index is 965. The molecular weight excluding hydrogens is 447 g/mol. The molecule has 0 atom stereocenters. The molecule has 0 radical (unpaired) electrons. The average Bonchev–Trinajstić information content (AvgIpc) is 2.65. The van der Waals surface area contributed by atoms with Gasteiger partial charge in [-0.05, 0) is 60.6 Å². The van der Waals surface area contributed by atoms with Gasteiger partial charge in [0.1, 0.15) is 0 Å². The minimum atomic E-state index is -0.551. The third kappa shape index (κ3) is 7.29. The number of rotatable bonds is 5. The van der Waals surface area contributed by atoms with Gasteiger partial charge in [0.05, 0.1) is 10.6 Å². The Kier molecular flexibility index (Phi) is 8.58. The smallest absolute Gasteiger partial charge is 0.269 e. The van der Waals surface area contributed by atoms with E-state index in [-0.39, 0.29) is 27.5 Å². The molecule has 0 aliphatic heterocycles. The minimum absolute atomic E-state index is 0.0919. The molecule has 0 unspecified atom stereocenters. The van der Waals surface area contributed by atoms with E-state index in [1.54, 1.807) is 24.3 Å². The Morgan fingerprint density at radius 2 is 1.63 bits per heavy atom. The lowest BCUT2D eigenvalue weighted by Gasteiger charge is -2.12. The first-order valence-corrected chi connectivity index (χ1v) is 10.1. The van der Waals surface area contributed by atoms with Gasteiger partial charge in [-0.25, -0.2) is 0 Å². The summed E-state index contributed by atoms with van der Waals surface area (Å²) in [6.45, 7) is 3.91. The van der Waals surface area contributed by atoms with Gasteiger partial charge in [0, 0.05) is 22.7 Å². The predicted molar refractivity (Wildman–Crippen MR) is 122 cm³/mol. The van der Waals surface area contributed by atoms with Crippen LogP contribution in [0, 0.1) is 5.92 Å². The molecule has 2 aromatic carbocycles. The summed E-state index contributed by atoms with van der Waals surface area (Å²) in [6.07, 6.45) is 0.413. The zero-order valence-corrected chi connectivity index (χ0v) is 18.5. The van der Waals surface area contributed by atoms with Crippen molar-refractivity contribution in [2.45, 2.75) is 20.3 Å². The number of carbonyl (C=O) groups is 3. The molecule has 0 saturated heterocycles. The van der Waals surface area contributed by atoms with E-state index in [1.807, 2.05) is 13.8 Å². The molecule has 3 amide bonds. The second-order valence-electron chi connectivity index (χ2n) is 6.71. The number of hydrogen-bond acceptors (Lipinski definition) is 4. The third-order valence-corrected chi connectivity index (χ3v) is 4.47.